The first-order chi connectivity index (χ1) is 9.14. The van der Waals surface area contributed by atoms with Gasteiger partial charge in [0.15, 0.2) is 9.84 Å². The van der Waals surface area contributed by atoms with Crippen LogP contribution in [0.1, 0.15) is 6.42 Å². The third kappa shape index (κ3) is 2.92. The summed E-state index contributed by atoms with van der Waals surface area (Å²) in [5, 5.41) is 0. The number of piperazine rings is 1. The van der Waals surface area contributed by atoms with Gasteiger partial charge in [0, 0.05) is 37.9 Å². The van der Waals surface area contributed by atoms with E-state index in [1.165, 1.54) is 5.69 Å². The number of hydrogen-bond acceptors (Lipinski definition) is 4. The van der Waals surface area contributed by atoms with Crippen LogP contribution >= 0.6 is 0 Å². The third-order valence-electron chi connectivity index (χ3n) is 4.16. The van der Waals surface area contributed by atoms with Gasteiger partial charge in [0.1, 0.15) is 0 Å². The molecule has 0 aliphatic carbocycles. The van der Waals surface area contributed by atoms with Crippen LogP contribution in [0.4, 0.5) is 5.69 Å². The number of anilines is 1. The normalized spacial score (nSPS) is 27.6. The molecule has 0 N–H and O–H groups in total. The van der Waals surface area contributed by atoms with Gasteiger partial charge in [-0.15, -0.1) is 0 Å². The van der Waals surface area contributed by atoms with Crippen LogP contribution in [0.5, 0.6) is 0 Å². The molecular formula is C14H20N2O2S. The minimum absolute atomic E-state index is 0.253. The first-order valence-electron chi connectivity index (χ1n) is 6.88. The van der Waals surface area contributed by atoms with Crippen LogP contribution in [0.25, 0.3) is 0 Å². The van der Waals surface area contributed by atoms with Crippen molar-refractivity contribution in [3.8, 4) is 0 Å². The van der Waals surface area contributed by atoms with E-state index in [1.807, 2.05) is 6.07 Å². The Kier molecular flexibility index (Phi) is 3.50. The fraction of sp³-hybridized carbons (Fsp3) is 0.571. The van der Waals surface area contributed by atoms with Crippen LogP contribution in [-0.2, 0) is 9.84 Å². The zero-order valence-electron chi connectivity index (χ0n) is 11.0. The molecule has 1 aromatic rings. The Bertz CT molecular complexity index is 522. The van der Waals surface area contributed by atoms with Crippen molar-refractivity contribution in [1.82, 2.24) is 4.90 Å². The molecule has 2 heterocycles. The lowest BCUT2D eigenvalue weighted by Gasteiger charge is -2.38. The van der Waals surface area contributed by atoms with Crippen molar-refractivity contribution in [2.45, 2.75) is 12.5 Å². The molecule has 0 bridgehead atoms. The summed E-state index contributed by atoms with van der Waals surface area (Å²) >= 11 is 0. The first kappa shape index (κ1) is 12.9. The van der Waals surface area contributed by atoms with E-state index in [1.54, 1.807) is 0 Å². The minimum atomic E-state index is -2.77. The van der Waals surface area contributed by atoms with Crippen molar-refractivity contribution in [2.24, 2.45) is 0 Å². The van der Waals surface area contributed by atoms with Gasteiger partial charge in [0.25, 0.3) is 0 Å². The quantitative estimate of drug-likeness (QED) is 0.810. The molecule has 19 heavy (non-hydrogen) atoms. The molecule has 0 amide bonds. The van der Waals surface area contributed by atoms with Gasteiger partial charge in [-0.05, 0) is 18.6 Å². The SMILES string of the molecule is O=S1(=O)CC[C@H](N2CCN(c3ccccc3)CC2)C1. The molecule has 1 aromatic carbocycles. The van der Waals surface area contributed by atoms with Gasteiger partial charge >= 0.3 is 0 Å². The lowest BCUT2D eigenvalue weighted by molar-refractivity contribution is 0.200. The molecule has 0 saturated carbocycles. The van der Waals surface area contributed by atoms with Crippen LogP contribution in [0.2, 0.25) is 0 Å². The zero-order chi connectivity index (χ0) is 13.3. The van der Waals surface area contributed by atoms with Crippen LogP contribution in [0.3, 0.4) is 0 Å². The third-order valence-corrected chi connectivity index (χ3v) is 5.91. The molecule has 5 heteroatoms. The molecule has 2 saturated heterocycles. The lowest BCUT2D eigenvalue weighted by Crippen LogP contribution is -2.50. The van der Waals surface area contributed by atoms with Gasteiger partial charge in [0.2, 0.25) is 0 Å². The fourth-order valence-electron chi connectivity index (χ4n) is 3.05. The summed E-state index contributed by atoms with van der Waals surface area (Å²) in [4.78, 5) is 4.73. The second-order valence-corrected chi connectivity index (χ2v) is 7.64. The van der Waals surface area contributed by atoms with Crippen molar-refractivity contribution in [2.75, 3.05) is 42.6 Å². The van der Waals surface area contributed by atoms with E-state index < -0.39 is 9.84 Å². The van der Waals surface area contributed by atoms with E-state index in [9.17, 15) is 8.42 Å². The molecule has 0 radical (unpaired) electrons. The maximum absolute atomic E-state index is 11.5. The Hall–Kier alpha value is -1.07. The van der Waals surface area contributed by atoms with Gasteiger partial charge in [0.05, 0.1) is 11.5 Å². The van der Waals surface area contributed by atoms with Crippen molar-refractivity contribution in [3.05, 3.63) is 30.3 Å². The summed E-state index contributed by atoms with van der Waals surface area (Å²) in [6, 6.07) is 10.7. The summed E-state index contributed by atoms with van der Waals surface area (Å²) in [6.07, 6.45) is 0.813. The highest BCUT2D eigenvalue weighted by Crippen LogP contribution is 2.21. The second kappa shape index (κ2) is 5.13. The van der Waals surface area contributed by atoms with E-state index in [4.69, 9.17) is 0 Å². The van der Waals surface area contributed by atoms with Crippen molar-refractivity contribution in [3.63, 3.8) is 0 Å². The predicted molar refractivity (Wildman–Crippen MR) is 77.3 cm³/mol. The number of hydrogen-bond donors (Lipinski definition) is 0. The van der Waals surface area contributed by atoms with Crippen LogP contribution < -0.4 is 4.90 Å². The molecule has 3 rings (SSSR count). The first-order valence-corrected chi connectivity index (χ1v) is 8.71. The Morgan fingerprint density at radius 1 is 1.00 bits per heavy atom. The topological polar surface area (TPSA) is 40.6 Å². The number of sulfone groups is 1. The molecular weight excluding hydrogens is 260 g/mol. The van der Waals surface area contributed by atoms with Gasteiger partial charge < -0.3 is 4.90 Å². The van der Waals surface area contributed by atoms with E-state index >= 15 is 0 Å². The maximum atomic E-state index is 11.5. The van der Waals surface area contributed by atoms with Gasteiger partial charge in [-0.3, -0.25) is 4.90 Å². The molecule has 2 aliphatic heterocycles. The standard InChI is InChI=1S/C14H20N2O2S/c17-19(18)11-6-14(12-19)16-9-7-15(8-10-16)13-4-2-1-3-5-13/h1-5,14H,6-12H2/t14-/m0/s1. The van der Waals surface area contributed by atoms with Crippen LogP contribution in [0.15, 0.2) is 30.3 Å². The Balaban J connectivity index is 1.58. The fourth-order valence-corrected chi connectivity index (χ4v) is 4.81. The summed E-state index contributed by atoms with van der Waals surface area (Å²) in [6.45, 7) is 3.91. The number of rotatable bonds is 2. The van der Waals surface area contributed by atoms with Crippen molar-refractivity contribution in [1.29, 1.82) is 0 Å². The lowest BCUT2D eigenvalue weighted by atomic mass is 10.2. The van der Waals surface area contributed by atoms with Gasteiger partial charge in [-0.2, -0.15) is 0 Å². The van der Waals surface area contributed by atoms with E-state index in [0.717, 1.165) is 32.6 Å². The van der Waals surface area contributed by atoms with E-state index in [-0.39, 0.29) is 6.04 Å². The van der Waals surface area contributed by atoms with Crippen molar-refractivity contribution < 1.29 is 8.42 Å². The van der Waals surface area contributed by atoms with Crippen molar-refractivity contribution >= 4 is 15.5 Å². The Labute approximate surface area is 114 Å². The molecule has 2 fully saturated rings. The summed E-state index contributed by atoms with van der Waals surface area (Å²) in [5.74, 6) is 0.731. The summed E-state index contributed by atoms with van der Waals surface area (Å²) in [5.41, 5.74) is 1.26. The largest absolute Gasteiger partial charge is 0.369 e. The maximum Gasteiger partial charge on any atom is 0.151 e. The number of nitrogens with zero attached hydrogens (tertiary/aromatic N) is 2. The predicted octanol–water partition coefficient (Wildman–Crippen LogP) is 0.996. The summed E-state index contributed by atoms with van der Waals surface area (Å²) < 4.78 is 23.1. The Morgan fingerprint density at radius 3 is 2.26 bits per heavy atom. The molecule has 2 aliphatic rings. The molecule has 0 spiro atoms. The minimum Gasteiger partial charge on any atom is -0.369 e. The monoisotopic (exact) mass is 280 g/mol. The zero-order valence-corrected chi connectivity index (χ0v) is 11.8. The highest BCUT2D eigenvalue weighted by atomic mass is 32.2. The number of para-hydroxylation sites is 1. The van der Waals surface area contributed by atoms with Gasteiger partial charge in [-0.1, -0.05) is 18.2 Å². The molecule has 0 aromatic heterocycles. The van der Waals surface area contributed by atoms with Crippen LogP contribution in [0, 0.1) is 0 Å². The average Bonchev–Trinajstić information content (AvgIpc) is 2.80. The molecule has 0 unspecified atom stereocenters. The summed E-state index contributed by atoms with van der Waals surface area (Å²) in [7, 11) is -2.77. The smallest absolute Gasteiger partial charge is 0.151 e. The molecule has 4 nitrogen and oxygen atoms in total. The van der Waals surface area contributed by atoms with E-state index in [2.05, 4.69) is 34.1 Å². The second-order valence-electron chi connectivity index (χ2n) is 5.42. The number of benzene rings is 1. The van der Waals surface area contributed by atoms with E-state index in [0.29, 0.717) is 11.5 Å². The average molecular weight is 280 g/mol. The Morgan fingerprint density at radius 2 is 1.68 bits per heavy atom. The van der Waals surface area contributed by atoms with Gasteiger partial charge in [-0.25, -0.2) is 8.42 Å². The highest BCUT2D eigenvalue weighted by Gasteiger charge is 2.33. The molecule has 1 atom stereocenters. The highest BCUT2D eigenvalue weighted by molar-refractivity contribution is 7.91. The van der Waals surface area contributed by atoms with Crippen LogP contribution in [-0.4, -0.2) is 57.0 Å². The molecule has 104 valence electrons.